The number of nitrogens with two attached hydrogens (primary N) is 1. The number of nitrogens with one attached hydrogen (secondary N) is 1. The number of hydrogen-bond acceptors (Lipinski definition) is 5. The van der Waals surface area contributed by atoms with Crippen molar-refractivity contribution in [3.63, 3.8) is 0 Å². The Kier molecular flexibility index (Phi) is 7.63. The van der Waals surface area contributed by atoms with Crippen LogP contribution in [0.4, 0.5) is 5.69 Å². The van der Waals surface area contributed by atoms with E-state index in [1.807, 2.05) is 43.0 Å². The van der Waals surface area contributed by atoms with Gasteiger partial charge in [0, 0.05) is 67.3 Å². The number of aliphatic imine (C=N–C) groups is 1. The molecule has 3 N–H and O–H groups in total. The Hall–Kier alpha value is -3.19. The number of hydrogen-bond donors (Lipinski definition) is 2. The molecule has 7 nitrogen and oxygen atoms in total. The van der Waals surface area contributed by atoms with Crippen LogP contribution >= 0.6 is 0 Å². The predicted molar refractivity (Wildman–Crippen MR) is 135 cm³/mol. The van der Waals surface area contributed by atoms with Crippen LogP contribution in [0, 0.1) is 25.7 Å². The van der Waals surface area contributed by atoms with Gasteiger partial charge in [0.2, 0.25) is 0 Å². The number of anilines is 1. The standard InChI is InChI=1S/C27H34N4O3/c1-18-3-7-22(8-4-18)27(33)31-15-21(16-31)13-29-14-24-19(2)23(9-10-25(24)28)26(32)30-11-12-34-17-20-5-6-20/h3-4,7-10,14,20-21H,5-6,11-13,15-17,28H2,1-2H3,(H,30,32). The fraction of sp³-hybridized carbons (Fsp3) is 0.444. The van der Waals surface area contributed by atoms with Gasteiger partial charge in [-0.25, -0.2) is 0 Å². The van der Waals surface area contributed by atoms with Crippen LogP contribution in [0.25, 0.3) is 0 Å². The number of rotatable bonds is 10. The highest BCUT2D eigenvalue weighted by Gasteiger charge is 2.30. The number of carbonyl (C=O) groups excluding carboxylic acids is 2. The third kappa shape index (κ3) is 6.03. The zero-order valence-electron chi connectivity index (χ0n) is 20.0. The van der Waals surface area contributed by atoms with Gasteiger partial charge < -0.3 is 20.7 Å². The fourth-order valence-corrected chi connectivity index (χ4v) is 4.06. The topological polar surface area (TPSA) is 97.0 Å². The van der Waals surface area contributed by atoms with Crippen LogP contribution in [0.1, 0.15) is 50.2 Å². The number of ether oxygens (including phenoxy) is 1. The van der Waals surface area contributed by atoms with Crippen LogP contribution in [-0.2, 0) is 4.74 Å². The molecule has 0 aromatic heterocycles. The van der Waals surface area contributed by atoms with Gasteiger partial charge in [-0.2, -0.15) is 0 Å². The second-order valence-corrected chi connectivity index (χ2v) is 9.45. The number of nitrogens with zero attached hydrogens (tertiary/aromatic N) is 2. The number of amides is 2. The van der Waals surface area contributed by atoms with E-state index in [4.69, 9.17) is 10.5 Å². The highest BCUT2D eigenvalue weighted by atomic mass is 16.5. The number of nitrogen functional groups attached to an aromatic ring is 1. The number of carbonyl (C=O) groups is 2. The zero-order valence-corrected chi connectivity index (χ0v) is 20.0. The number of likely N-dealkylation sites (tertiary alicyclic amines) is 1. The van der Waals surface area contributed by atoms with Crippen molar-refractivity contribution < 1.29 is 14.3 Å². The zero-order chi connectivity index (χ0) is 24.1. The monoisotopic (exact) mass is 462 g/mol. The quantitative estimate of drug-likeness (QED) is 0.322. The first-order chi connectivity index (χ1) is 16.4. The van der Waals surface area contributed by atoms with E-state index in [0.29, 0.717) is 55.9 Å². The molecular weight excluding hydrogens is 428 g/mol. The minimum atomic E-state index is -0.133. The lowest BCUT2D eigenvalue weighted by molar-refractivity contribution is 0.0516. The first-order valence-electron chi connectivity index (χ1n) is 12.0. The molecule has 2 aliphatic rings. The maximum atomic E-state index is 12.6. The maximum absolute atomic E-state index is 12.6. The van der Waals surface area contributed by atoms with Gasteiger partial charge in [-0.1, -0.05) is 17.7 Å². The predicted octanol–water partition coefficient (Wildman–Crippen LogP) is 3.23. The third-order valence-corrected chi connectivity index (χ3v) is 6.50. The molecule has 2 aromatic carbocycles. The van der Waals surface area contributed by atoms with Gasteiger partial charge in [-0.3, -0.25) is 14.6 Å². The molecule has 0 radical (unpaired) electrons. The summed E-state index contributed by atoms with van der Waals surface area (Å²) in [5, 5.41) is 2.92. The van der Waals surface area contributed by atoms with Gasteiger partial charge >= 0.3 is 0 Å². The lowest BCUT2D eigenvalue weighted by Gasteiger charge is -2.38. The molecule has 1 saturated heterocycles. The van der Waals surface area contributed by atoms with Crippen molar-refractivity contribution in [3.8, 4) is 0 Å². The molecule has 1 aliphatic carbocycles. The summed E-state index contributed by atoms with van der Waals surface area (Å²) in [4.78, 5) is 31.6. The smallest absolute Gasteiger partial charge is 0.253 e. The van der Waals surface area contributed by atoms with Crippen molar-refractivity contribution >= 4 is 23.7 Å². The van der Waals surface area contributed by atoms with Crippen LogP contribution in [0.2, 0.25) is 0 Å². The lowest BCUT2D eigenvalue weighted by atomic mass is 9.98. The van der Waals surface area contributed by atoms with E-state index >= 15 is 0 Å². The molecule has 1 saturated carbocycles. The average Bonchev–Trinajstić information content (AvgIpc) is 3.61. The second-order valence-electron chi connectivity index (χ2n) is 9.45. The molecule has 7 heteroatoms. The van der Waals surface area contributed by atoms with E-state index in [0.717, 1.165) is 28.9 Å². The summed E-state index contributed by atoms with van der Waals surface area (Å²) in [5.74, 6) is 0.978. The molecular formula is C27H34N4O3. The molecule has 2 amide bonds. The van der Waals surface area contributed by atoms with Gasteiger partial charge in [0.1, 0.15) is 0 Å². The van der Waals surface area contributed by atoms with Crippen molar-refractivity contribution in [1.29, 1.82) is 0 Å². The van der Waals surface area contributed by atoms with Gasteiger partial charge in [-0.05, 0) is 62.4 Å². The normalized spacial score (nSPS) is 16.0. The number of benzene rings is 2. The minimum absolute atomic E-state index is 0.0666. The second kappa shape index (κ2) is 10.8. The van der Waals surface area contributed by atoms with Crippen LogP contribution in [-0.4, -0.2) is 62.3 Å². The average molecular weight is 463 g/mol. The minimum Gasteiger partial charge on any atom is -0.398 e. The Morgan fingerprint density at radius 1 is 1.12 bits per heavy atom. The van der Waals surface area contributed by atoms with Crippen LogP contribution < -0.4 is 11.1 Å². The summed E-state index contributed by atoms with van der Waals surface area (Å²) in [5.41, 5.74) is 10.8. The molecule has 34 heavy (non-hydrogen) atoms. The summed E-state index contributed by atoms with van der Waals surface area (Å²) in [7, 11) is 0. The number of aryl methyl sites for hydroxylation is 1. The molecule has 2 fully saturated rings. The van der Waals surface area contributed by atoms with Crippen molar-refractivity contribution in [2.45, 2.75) is 26.7 Å². The summed E-state index contributed by atoms with van der Waals surface area (Å²) >= 11 is 0. The van der Waals surface area contributed by atoms with E-state index in [2.05, 4.69) is 10.3 Å². The maximum Gasteiger partial charge on any atom is 0.253 e. The molecule has 1 heterocycles. The molecule has 0 unspecified atom stereocenters. The van der Waals surface area contributed by atoms with Crippen LogP contribution in [0.15, 0.2) is 41.4 Å². The molecule has 180 valence electrons. The van der Waals surface area contributed by atoms with Crippen LogP contribution in [0.5, 0.6) is 0 Å². The van der Waals surface area contributed by atoms with E-state index in [1.165, 1.54) is 12.8 Å². The largest absolute Gasteiger partial charge is 0.398 e. The van der Waals surface area contributed by atoms with E-state index < -0.39 is 0 Å². The Morgan fingerprint density at radius 2 is 1.85 bits per heavy atom. The highest BCUT2D eigenvalue weighted by molar-refractivity contribution is 6.00. The molecule has 0 spiro atoms. The van der Waals surface area contributed by atoms with Gasteiger partial charge in [0.15, 0.2) is 0 Å². The van der Waals surface area contributed by atoms with E-state index in [1.54, 1.807) is 18.3 Å². The highest BCUT2D eigenvalue weighted by Crippen LogP contribution is 2.28. The summed E-state index contributed by atoms with van der Waals surface area (Å²) in [6, 6.07) is 11.2. The van der Waals surface area contributed by atoms with Crippen molar-refractivity contribution in [3.05, 3.63) is 64.2 Å². The third-order valence-electron chi connectivity index (χ3n) is 6.50. The van der Waals surface area contributed by atoms with Gasteiger partial charge in [0.05, 0.1) is 6.61 Å². The Labute approximate surface area is 201 Å². The van der Waals surface area contributed by atoms with Crippen molar-refractivity contribution in [2.75, 3.05) is 45.1 Å². The summed E-state index contributed by atoms with van der Waals surface area (Å²) in [6.07, 6.45) is 4.27. The van der Waals surface area contributed by atoms with Crippen molar-refractivity contribution in [2.24, 2.45) is 16.8 Å². The molecule has 0 bridgehead atoms. The van der Waals surface area contributed by atoms with E-state index in [9.17, 15) is 9.59 Å². The van der Waals surface area contributed by atoms with Crippen molar-refractivity contribution in [1.82, 2.24) is 10.2 Å². The molecule has 2 aromatic rings. The van der Waals surface area contributed by atoms with E-state index in [-0.39, 0.29) is 11.8 Å². The fourth-order valence-electron chi connectivity index (χ4n) is 4.06. The lowest BCUT2D eigenvalue weighted by Crippen LogP contribution is -2.51. The first-order valence-corrected chi connectivity index (χ1v) is 12.0. The molecule has 1 aliphatic heterocycles. The molecule has 4 rings (SSSR count). The first kappa shape index (κ1) is 24.0. The van der Waals surface area contributed by atoms with Crippen LogP contribution in [0.3, 0.4) is 0 Å². The summed E-state index contributed by atoms with van der Waals surface area (Å²) < 4.78 is 5.58. The van der Waals surface area contributed by atoms with Gasteiger partial charge in [-0.15, -0.1) is 0 Å². The Morgan fingerprint density at radius 3 is 2.56 bits per heavy atom. The Bertz CT molecular complexity index is 1050. The SMILES string of the molecule is Cc1ccc(C(=O)N2CC(CN=Cc3c(N)ccc(C(=O)NCCOCC4CC4)c3C)C2)cc1. The Balaban J connectivity index is 1.26. The van der Waals surface area contributed by atoms with Gasteiger partial charge in [0.25, 0.3) is 11.8 Å². The summed E-state index contributed by atoms with van der Waals surface area (Å²) in [6.45, 7) is 7.71. The molecule has 0 atom stereocenters.